The van der Waals surface area contributed by atoms with Gasteiger partial charge in [-0.1, -0.05) is 11.6 Å². The first-order valence-electron chi connectivity index (χ1n) is 6.40. The van der Waals surface area contributed by atoms with E-state index in [1.54, 1.807) is 16.8 Å². The van der Waals surface area contributed by atoms with E-state index < -0.39 is 6.17 Å². The Bertz CT molecular complexity index is 598. The monoisotopic (exact) mass is 294 g/mol. The second kappa shape index (κ2) is 5.40. The molecule has 0 aliphatic carbocycles. The molecule has 1 aliphatic heterocycles. The van der Waals surface area contributed by atoms with Crippen molar-refractivity contribution >= 4 is 34.5 Å². The van der Waals surface area contributed by atoms with Gasteiger partial charge in [0.1, 0.15) is 0 Å². The van der Waals surface area contributed by atoms with Crippen molar-refractivity contribution in [1.29, 1.82) is 0 Å². The Morgan fingerprint density at radius 3 is 2.85 bits per heavy atom. The van der Waals surface area contributed by atoms with Gasteiger partial charge in [-0.3, -0.25) is 9.69 Å². The van der Waals surface area contributed by atoms with Crippen LogP contribution in [0.3, 0.4) is 0 Å². The van der Waals surface area contributed by atoms with E-state index in [0.717, 1.165) is 17.2 Å². The van der Waals surface area contributed by atoms with Gasteiger partial charge >= 0.3 is 0 Å². The molecule has 7 heteroatoms. The molecule has 6 nitrogen and oxygen atoms in total. The average Bonchev–Trinajstić information content (AvgIpc) is 2.84. The summed E-state index contributed by atoms with van der Waals surface area (Å²) < 4.78 is 6.95. The minimum Gasteiger partial charge on any atom is -0.398 e. The molecule has 0 bridgehead atoms. The highest BCUT2D eigenvalue weighted by molar-refractivity contribution is 6.33. The van der Waals surface area contributed by atoms with Crippen LogP contribution in [0.5, 0.6) is 0 Å². The Balaban J connectivity index is 1.96. The van der Waals surface area contributed by atoms with Crippen molar-refractivity contribution < 1.29 is 9.53 Å². The van der Waals surface area contributed by atoms with Crippen molar-refractivity contribution in [2.75, 3.05) is 32.0 Å². The van der Waals surface area contributed by atoms with Crippen LogP contribution < -0.4 is 5.73 Å². The predicted octanol–water partition coefficient (Wildman–Crippen LogP) is 1.30. The SMILES string of the molecule is Nc1cc2cn(C(C=O)N3CCOCC3)nc2cc1Cl. The van der Waals surface area contributed by atoms with Gasteiger partial charge in [0.05, 0.1) is 29.4 Å². The number of nitrogen functional groups attached to an aromatic ring is 1. The topological polar surface area (TPSA) is 73.4 Å². The number of nitrogens with two attached hydrogens (primary N) is 1. The van der Waals surface area contributed by atoms with E-state index in [-0.39, 0.29) is 0 Å². The number of carbonyl (C=O) groups is 1. The lowest BCUT2D eigenvalue weighted by atomic mass is 10.2. The molecule has 1 aliphatic rings. The molecule has 1 aromatic carbocycles. The molecular weight excluding hydrogens is 280 g/mol. The number of hydrogen-bond acceptors (Lipinski definition) is 5. The Kier molecular flexibility index (Phi) is 3.60. The van der Waals surface area contributed by atoms with Gasteiger partial charge in [0.2, 0.25) is 0 Å². The number of benzene rings is 1. The highest BCUT2D eigenvalue weighted by Crippen LogP contribution is 2.26. The number of aldehydes is 1. The van der Waals surface area contributed by atoms with Crippen molar-refractivity contribution in [3.63, 3.8) is 0 Å². The van der Waals surface area contributed by atoms with E-state index in [2.05, 4.69) is 5.10 Å². The van der Waals surface area contributed by atoms with E-state index in [1.807, 2.05) is 11.1 Å². The molecule has 0 radical (unpaired) electrons. The van der Waals surface area contributed by atoms with Crippen LogP contribution >= 0.6 is 11.6 Å². The summed E-state index contributed by atoms with van der Waals surface area (Å²) in [5.74, 6) is 0. The summed E-state index contributed by atoms with van der Waals surface area (Å²) in [5, 5.41) is 5.76. The molecule has 0 saturated carbocycles. The number of nitrogens with zero attached hydrogens (tertiary/aromatic N) is 3. The zero-order chi connectivity index (χ0) is 14.1. The number of fused-ring (bicyclic) bond motifs is 1. The molecule has 1 atom stereocenters. The summed E-state index contributed by atoms with van der Waals surface area (Å²) in [4.78, 5) is 13.5. The van der Waals surface area contributed by atoms with Crippen LogP contribution in [-0.2, 0) is 9.53 Å². The van der Waals surface area contributed by atoms with E-state index >= 15 is 0 Å². The van der Waals surface area contributed by atoms with Crippen LogP contribution in [-0.4, -0.2) is 47.3 Å². The molecule has 0 amide bonds. The van der Waals surface area contributed by atoms with Gasteiger partial charge < -0.3 is 10.5 Å². The van der Waals surface area contributed by atoms with Crippen molar-refractivity contribution in [3.05, 3.63) is 23.4 Å². The largest absolute Gasteiger partial charge is 0.398 e. The third kappa shape index (κ3) is 2.37. The van der Waals surface area contributed by atoms with Gasteiger partial charge in [-0.15, -0.1) is 0 Å². The second-order valence-corrected chi connectivity index (χ2v) is 5.15. The van der Waals surface area contributed by atoms with Crippen molar-refractivity contribution in [3.8, 4) is 0 Å². The lowest BCUT2D eigenvalue weighted by Gasteiger charge is -2.31. The van der Waals surface area contributed by atoms with Gasteiger partial charge in [0.25, 0.3) is 0 Å². The van der Waals surface area contributed by atoms with E-state index in [4.69, 9.17) is 22.1 Å². The molecule has 2 N–H and O–H groups in total. The van der Waals surface area contributed by atoms with Gasteiger partial charge in [-0.2, -0.15) is 5.10 Å². The number of aromatic nitrogens is 2. The summed E-state index contributed by atoms with van der Waals surface area (Å²) in [7, 11) is 0. The normalized spacial score (nSPS) is 18.2. The van der Waals surface area contributed by atoms with Crippen molar-refractivity contribution in [2.24, 2.45) is 0 Å². The van der Waals surface area contributed by atoms with E-state index in [9.17, 15) is 4.79 Å². The first-order valence-corrected chi connectivity index (χ1v) is 6.78. The average molecular weight is 295 g/mol. The van der Waals surface area contributed by atoms with Gasteiger partial charge in [-0.05, 0) is 12.1 Å². The first-order chi connectivity index (χ1) is 9.69. The van der Waals surface area contributed by atoms with Crippen LogP contribution in [0.1, 0.15) is 6.17 Å². The fourth-order valence-electron chi connectivity index (χ4n) is 2.38. The minimum atomic E-state index is -0.425. The van der Waals surface area contributed by atoms with Gasteiger partial charge in [0.15, 0.2) is 12.5 Å². The number of ether oxygens (including phenoxy) is 1. The Morgan fingerprint density at radius 2 is 2.15 bits per heavy atom. The maximum atomic E-state index is 11.4. The third-order valence-corrected chi connectivity index (χ3v) is 3.78. The number of rotatable bonds is 3. The molecule has 1 unspecified atom stereocenters. The molecule has 1 saturated heterocycles. The lowest BCUT2D eigenvalue weighted by Crippen LogP contribution is -2.42. The molecule has 0 spiro atoms. The fraction of sp³-hybridized carbons (Fsp3) is 0.385. The first kappa shape index (κ1) is 13.4. The minimum absolute atomic E-state index is 0.425. The lowest BCUT2D eigenvalue weighted by molar-refractivity contribution is -0.118. The van der Waals surface area contributed by atoms with Crippen LogP contribution in [0.25, 0.3) is 10.9 Å². The quantitative estimate of drug-likeness (QED) is 0.682. The Morgan fingerprint density at radius 1 is 1.40 bits per heavy atom. The Labute approximate surface area is 121 Å². The van der Waals surface area contributed by atoms with Crippen molar-refractivity contribution in [2.45, 2.75) is 6.17 Å². The van der Waals surface area contributed by atoms with Gasteiger partial charge in [-0.25, -0.2) is 4.68 Å². The summed E-state index contributed by atoms with van der Waals surface area (Å²) in [6.07, 6.45) is 2.28. The number of halogens is 1. The second-order valence-electron chi connectivity index (χ2n) is 4.74. The van der Waals surface area contributed by atoms with E-state index in [0.29, 0.717) is 37.0 Å². The predicted molar refractivity (Wildman–Crippen MR) is 76.6 cm³/mol. The number of morpholine rings is 1. The maximum absolute atomic E-state index is 11.4. The molecule has 2 aromatic rings. The molecule has 20 heavy (non-hydrogen) atoms. The zero-order valence-electron chi connectivity index (χ0n) is 10.8. The third-order valence-electron chi connectivity index (χ3n) is 3.45. The maximum Gasteiger partial charge on any atom is 0.160 e. The molecule has 1 aromatic heterocycles. The zero-order valence-corrected chi connectivity index (χ0v) is 11.6. The van der Waals surface area contributed by atoms with Crippen LogP contribution in [0.2, 0.25) is 5.02 Å². The number of anilines is 1. The van der Waals surface area contributed by atoms with Crippen molar-refractivity contribution in [1.82, 2.24) is 14.7 Å². The molecule has 1 fully saturated rings. The summed E-state index contributed by atoms with van der Waals surface area (Å²) >= 11 is 5.99. The molecule has 2 heterocycles. The Hall–Kier alpha value is -1.63. The number of hydrogen-bond donors (Lipinski definition) is 1. The number of carbonyl (C=O) groups excluding carboxylic acids is 1. The highest BCUT2D eigenvalue weighted by atomic mass is 35.5. The highest BCUT2D eigenvalue weighted by Gasteiger charge is 2.23. The molecule has 3 rings (SSSR count). The van der Waals surface area contributed by atoms with E-state index in [1.165, 1.54) is 0 Å². The molecule has 106 valence electrons. The fourth-order valence-corrected chi connectivity index (χ4v) is 2.53. The summed E-state index contributed by atoms with van der Waals surface area (Å²) in [6.45, 7) is 2.68. The van der Waals surface area contributed by atoms with Crippen LogP contribution in [0.4, 0.5) is 5.69 Å². The smallest absolute Gasteiger partial charge is 0.160 e. The summed E-state index contributed by atoms with van der Waals surface area (Å²) in [6, 6.07) is 3.48. The standard InChI is InChI=1S/C13H15ClN4O2/c14-10-6-12-9(5-11(10)15)7-18(16-12)13(8-19)17-1-3-20-4-2-17/h5-8,13H,1-4,15H2. The van der Waals surface area contributed by atoms with Gasteiger partial charge in [0, 0.05) is 24.7 Å². The van der Waals surface area contributed by atoms with Crippen LogP contribution in [0.15, 0.2) is 18.3 Å². The molecular formula is C13H15ClN4O2. The summed E-state index contributed by atoms with van der Waals surface area (Å²) in [5.41, 5.74) is 7.01. The van der Waals surface area contributed by atoms with Crippen LogP contribution in [0, 0.1) is 0 Å².